The maximum absolute atomic E-state index is 13.4. The first-order valence-corrected chi connectivity index (χ1v) is 13.4. The molecule has 0 radical (unpaired) electrons. The van der Waals surface area contributed by atoms with E-state index in [2.05, 4.69) is 41.2 Å². The van der Waals surface area contributed by atoms with Crippen LogP contribution in [0.15, 0.2) is 77.8 Å². The van der Waals surface area contributed by atoms with E-state index in [1.165, 1.54) is 5.56 Å². The quantitative estimate of drug-likeness (QED) is 0.443. The highest BCUT2D eigenvalue weighted by molar-refractivity contribution is 6.30. The fourth-order valence-corrected chi connectivity index (χ4v) is 4.67. The Labute approximate surface area is 245 Å². The molecule has 1 N–H and O–H groups in total. The van der Waals surface area contributed by atoms with E-state index in [-0.39, 0.29) is 18.4 Å². The van der Waals surface area contributed by atoms with Crippen molar-refractivity contribution in [3.63, 3.8) is 0 Å². The highest BCUT2D eigenvalue weighted by Crippen LogP contribution is 2.28. The molecule has 0 bridgehead atoms. The minimum Gasteiger partial charge on any atom is -0.475 e. The molecule has 0 fully saturated rings. The number of carboxylic acids is 1. The summed E-state index contributed by atoms with van der Waals surface area (Å²) in [7, 11) is 2.07. The van der Waals surface area contributed by atoms with Crippen LogP contribution in [0.2, 0.25) is 5.02 Å². The molecule has 0 atom stereocenters. The second-order valence-electron chi connectivity index (χ2n) is 9.79. The number of amides is 2. The molecule has 0 spiro atoms. The van der Waals surface area contributed by atoms with Gasteiger partial charge in [0, 0.05) is 42.8 Å². The van der Waals surface area contributed by atoms with Gasteiger partial charge in [-0.1, -0.05) is 54.1 Å². The summed E-state index contributed by atoms with van der Waals surface area (Å²) in [5, 5.41) is 7.69. The van der Waals surface area contributed by atoms with E-state index in [9.17, 15) is 22.8 Å². The Bertz CT molecular complexity index is 1480. The molecule has 0 saturated carbocycles. The lowest BCUT2D eigenvalue weighted by atomic mass is 10.1. The Morgan fingerprint density at radius 3 is 2.17 bits per heavy atom. The number of hydrogen-bond donors (Lipinski definition) is 1. The zero-order valence-electron chi connectivity index (χ0n) is 22.6. The molecule has 42 heavy (non-hydrogen) atoms. The number of alkyl halides is 3. The molecule has 3 aromatic rings. The number of carbonyl (C=O) groups excluding carboxylic acids is 2. The maximum Gasteiger partial charge on any atom is 0.490 e. The monoisotopic (exact) mass is 600 g/mol. The topological polar surface area (TPSA) is 93.5 Å². The van der Waals surface area contributed by atoms with Gasteiger partial charge in [-0.15, -0.1) is 0 Å². The summed E-state index contributed by atoms with van der Waals surface area (Å²) in [6.07, 6.45) is -4.27. The lowest BCUT2D eigenvalue weighted by Crippen LogP contribution is -2.39. The van der Waals surface area contributed by atoms with Gasteiger partial charge in [-0.2, -0.15) is 13.2 Å². The van der Waals surface area contributed by atoms with E-state index in [1.807, 2.05) is 24.3 Å². The number of halogens is 4. The summed E-state index contributed by atoms with van der Waals surface area (Å²) >= 11 is 5.98. The predicted molar refractivity (Wildman–Crippen MR) is 153 cm³/mol. The molecule has 8 nitrogen and oxygen atoms in total. The summed E-state index contributed by atoms with van der Waals surface area (Å²) in [6, 6.07) is 22.9. The zero-order valence-corrected chi connectivity index (χ0v) is 23.4. The number of hydrogen-bond acceptors (Lipinski definition) is 5. The minimum atomic E-state index is -5.08. The van der Waals surface area contributed by atoms with Gasteiger partial charge in [0.1, 0.15) is 12.4 Å². The molecule has 12 heteroatoms. The average molecular weight is 601 g/mol. The number of nitrogens with zero attached hydrogens (tertiary/aromatic N) is 4. The number of aliphatic imine (C=N–C) groups is 1. The molecular formula is C30H28ClF3N4O4. The maximum atomic E-state index is 13.4. The van der Waals surface area contributed by atoms with Crippen LogP contribution in [0.3, 0.4) is 0 Å². The molecule has 2 amide bonds. The molecule has 2 heterocycles. The van der Waals surface area contributed by atoms with Gasteiger partial charge in [0.05, 0.1) is 13.1 Å². The van der Waals surface area contributed by atoms with Crippen molar-refractivity contribution in [3.05, 3.63) is 100 Å². The van der Waals surface area contributed by atoms with Gasteiger partial charge in [0.25, 0.3) is 5.91 Å². The smallest absolute Gasteiger partial charge is 0.475 e. The van der Waals surface area contributed by atoms with E-state index in [0.29, 0.717) is 23.7 Å². The highest BCUT2D eigenvalue weighted by atomic mass is 35.5. The first kappa shape index (κ1) is 30.6. The van der Waals surface area contributed by atoms with Gasteiger partial charge in [-0.05, 0) is 47.0 Å². The summed E-state index contributed by atoms with van der Waals surface area (Å²) < 4.78 is 31.7. The molecule has 0 aliphatic carbocycles. The zero-order chi connectivity index (χ0) is 30.4. The standard InChI is InChI=1S/C28H27ClN4O2.C2HF3O2/c1-31-15-14-30-26(31)16-20-6-8-21(9-7-20)17-33-25-5-3-2-4-23(25)18-32(19-27(33)34)28(35)22-10-12-24(29)13-11-22;3-2(4,5)1(6)7/h2-13H,14-19H2,1H3;(H,6,7). The predicted octanol–water partition coefficient (Wildman–Crippen LogP) is 5.05. The van der Waals surface area contributed by atoms with Gasteiger partial charge in [0.2, 0.25) is 5.91 Å². The third-order valence-corrected chi connectivity index (χ3v) is 7.04. The number of carboxylic acid groups (broad SMARTS) is 1. The number of aliphatic carboxylic acids is 1. The normalized spacial score (nSPS) is 14.9. The molecule has 0 aromatic heterocycles. The van der Waals surface area contributed by atoms with Gasteiger partial charge >= 0.3 is 12.1 Å². The van der Waals surface area contributed by atoms with Gasteiger partial charge in [-0.25, -0.2) is 4.79 Å². The van der Waals surface area contributed by atoms with Crippen molar-refractivity contribution >= 4 is 40.9 Å². The fraction of sp³-hybridized carbons (Fsp3) is 0.267. The molecule has 5 rings (SSSR count). The van der Waals surface area contributed by atoms with Crippen molar-refractivity contribution in [2.24, 2.45) is 4.99 Å². The number of amidine groups is 1. The first-order chi connectivity index (χ1) is 19.9. The Morgan fingerprint density at radius 1 is 0.952 bits per heavy atom. The molecule has 2 aliphatic heterocycles. The van der Waals surface area contributed by atoms with Crippen molar-refractivity contribution in [2.75, 3.05) is 31.6 Å². The van der Waals surface area contributed by atoms with Crippen LogP contribution in [-0.4, -0.2) is 71.4 Å². The van der Waals surface area contributed by atoms with E-state index in [1.54, 1.807) is 34.1 Å². The van der Waals surface area contributed by atoms with Crippen LogP contribution in [0.25, 0.3) is 0 Å². The van der Waals surface area contributed by atoms with Crippen LogP contribution in [0.1, 0.15) is 27.0 Å². The Balaban J connectivity index is 0.000000517. The second-order valence-corrected chi connectivity index (χ2v) is 10.2. The van der Waals surface area contributed by atoms with Gasteiger partial charge in [0.15, 0.2) is 0 Å². The average Bonchev–Trinajstić information content (AvgIpc) is 3.30. The number of likely N-dealkylation sites (N-methyl/N-ethyl adjacent to an activating group) is 1. The van der Waals surface area contributed by atoms with Crippen molar-refractivity contribution in [1.29, 1.82) is 0 Å². The number of benzene rings is 3. The molecule has 3 aromatic carbocycles. The van der Waals surface area contributed by atoms with Crippen molar-refractivity contribution < 1.29 is 32.7 Å². The number of fused-ring (bicyclic) bond motifs is 1. The van der Waals surface area contributed by atoms with Crippen LogP contribution in [0.5, 0.6) is 0 Å². The lowest BCUT2D eigenvalue weighted by molar-refractivity contribution is -0.192. The van der Waals surface area contributed by atoms with E-state index < -0.39 is 12.1 Å². The SMILES string of the molecule is CN1CCN=C1Cc1ccc(CN2C(=O)CN(C(=O)c3ccc(Cl)cc3)Cc3ccccc32)cc1.O=C(O)C(F)(F)F. The largest absolute Gasteiger partial charge is 0.490 e. The number of anilines is 1. The van der Waals surface area contributed by atoms with Crippen LogP contribution in [-0.2, 0) is 29.1 Å². The summed E-state index contributed by atoms with van der Waals surface area (Å²) in [5.41, 5.74) is 4.54. The van der Waals surface area contributed by atoms with Gasteiger partial charge in [-0.3, -0.25) is 14.6 Å². The first-order valence-electron chi connectivity index (χ1n) is 13.0. The highest BCUT2D eigenvalue weighted by Gasteiger charge is 2.38. The van der Waals surface area contributed by atoms with E-state index in [4.69, 9.17) is 21.5 Å². The van der Waals surface area contributed by atoms with Crippen molar-refractivity contribution in [1.82, 2.24) is 9.80 Å². The van der Waals surface area contributed by atoms with Crippen LogP contribution >= 0.6 is 11.6 Å². The lowest BCUT2D eigenvalue weighted by Gasteiger charge is -2.23. The number of carbonyl (C=O) groups is 3. The van der Waals surface area contributed by atoms with E-state index >= 15 is 0 Å². The number of para-hydroxylation sites is 1. The van der Waals surface area contributed by atoms with Crippen LogP contribution in [0, 0.1) is 0 Å². The Morgan fingerprint density at radius 2 is 1.57 bits per heavy atom. The van der Waals surface area contributed by atoms with E-state index in [0.717, 1.165) is 42.2 Å². The molecular weight excluding hydrogens is 573 g/mol. The third-order valence-electron chi connectivity index (χ3n) is 6.79. The summed E-state index contributed by atoms with van der Waals surface area (Å²) in [4.78, 5) is 45.6. The Kier molecular flexibility index (Phi) is 9.52. The minimum absolute atomic E-state index is 0.0143. The third kappa shape index (κ3) is 7.67. The van der Waals surface area contributed by atoms with Crippen molar-refractivity contribution in [3.8, 4) is 0 Å². The van der Waals surface area contributed by atoms with Gasteiger partial charge < -0.3 is 19.8 Å². The Hall–Kier alpha value is -4.38. The summed E-state index contributed by atoms with van der Waals surface area (Å²) in [6.45, 7) is 2.66. The van der Waals surface area contributed by atoms with Crippen molar-refractivity contribution in [2.45, 2.75) is 25.7 Å². The number of rotatable bonds is 5. The molecule has 220 valence electrons. The fourth-order valence-electron chi connectivity index (χ4n) is 4.54. The van der Waals surface area contributed by atoms with Crippen LogP contribution in [0.4, 0.5) is 18.9 Å². The molecule has 0 saturated heterocycles. The molecule has 2 aliphatic rings. The molecule has 0 unspecified atom stereocenters. The van der Waals surface area contributed by atoms with Crippen LogP contribution < -0.4 is 4.90 Å². The summed E-state index contributed by atoms with van der Waals surface area (Å²) in [5.74, 6) is -1.94. The second kappa shape index (κ2) is 13.1.